The monoisotopic (exact) mass is 226 g/mol. The highest BCUT2D eigenvalue weighted by atomic mass is 32.1. The predicted molar refractivity (Wildman–Crippen MR) is 61.2 cm³/mol. The molecule has 16 heavy (non-hydrogen) atoms. The molecule has 0 saturated heterocycles. The van der Waals surface area contributed by atoms with Crippen molar-refractivity contribution >= 4 is 17.4 Å². The first-order chi connectivity index (χ1) is 7.83. The molecule has 0 aliphatic heterocycles. The molecule has 0 atom stereocenters. The van der Waals surface area contributed by atoms with E-state index in [0.717, 1.165) is 15.5 Å². The molecule has 0 aromatic carbocycles. The SMILES string of the molecule is N#CC(C#N)=Cc1ccc(-c2ccco2)s1. The third-order valence-corrected chi connectivity index (χ3v) is 2.97. The fraction of sp³-hybridized carbons (Fsp3) is 0. The van der Waals surface area contributed by atoms with Crippen molar-refractivity contribution in [2.45, 2.75) is 0 Å². The van der Waals surface area contributed by atoms with Crippen molar-refractivity contribution in [1.29, 1.82) is 10.5 Å². The van der Waals surface area contributed by atoms with Crippen LogP contribution >= 0.6 is 11.3 Å². The molecular weight excluding hydrogens is 220 g/mol. The van der Waals surface area contributed by atoms with E-state index in [1.165, 1.54) is 11.3 Å². The van der Waals surface area contributed by atoms with Gasteiger partial charge in [-0.2, -0.15) is 10.5 Å². The van der Waals surface area contributed by atoms with E-state index in [1.807, 2.05) is 36.4 Å². The van der Waals surface area contributed by atoms with Crippen LogP contribution in [-0.4, -0.2) is 0 Å². The highest BCUT2D eigenvalue weighted by molar-refractivity contribution is 7.16. The van der Waals surface area contributed by atoms with Gasteiger partial charge in [0.05, 0.1) is 11.1 Å². The molecule has 0 fully saturated rings. The second-order valence-corrected chi connectivity index (χ2v) is 4.08. The van der Waals surface area contributed by atoms with Gasteiger partial charge in [-0.15, -0.1) is 11.3 Å². The number of hydrogen-bond donors (Lipinski definition) is 0. The summed E-state index contributed by atoms with van der Waals surface area (Å²) >= 11 is 1.48. The number of nitrogens with zero attached hydrogens (tertiary/aromatic N) is 2. The van der Waals surface area contributed by atoms with Gasteiger partial charge in [0.1, 0.15) is 23.5 Å². The van der Waals surface area contributed by atoms with E-state index in [9.17, 15) is 0 Å². The number of hydrogen-bond acceptors (Lipinski definition) is 4. The quantitative estimate of drug-likeness (QED) is 0.737. The van der Waals surface area contributed by atoms with Crippen molar-refractivity contribution in [2.24, 2.45) is 0 Å². The van der Waals surface area contributed by atoms with Gasteiger partial charge in [0, 0.05) is 4.88 Å². The van der Waals surface area contributed by atoms with Crippen molar-refractivity contribution in [3.8, 4) is 22.8 Å². The third-order valence-electron chi connectivity index (χ3n) is 1.92. The molecule has 2 rings (SSSR count). The Morgan fingerprint density at radius 2 is 2.06 bits per heavy atom. The Hall–Kier alpha value is -2.30. The third kappa shape index (κ3) is 2.03. The van der Waals surface area contributed by atoms with Gasteiger partial charge < -0.3 is 4.42 Å². The summed E-state index contributed by atoms with van der Waals surface area (Å²) < 4.78 is 5.25. The number of rotatable bonds is 2. The fourth-order valence-corrected chi connectivity index (χ4v) is 2.13. The van der Waals surface area contributed by atoms with Gasteiger partial charge in [0.15, 0.2) is 0 Å². The van der Waals surface area contributed by atoms with E-state index >= 15 is 0 Å². The Balaban J connectivity index is 2.32. The molecule has 0 radical (unpaired) electrons. The minimum atomic E-state index is 0.104. The van der Waals surface area contributed by atoms with Gasteiger partial charge in [-0.05, 0) is 30.3 Å². The predicted octanol–water partition coefficient (Wildman–Crippen LogP) is 3.44. The van der Waals surface area contributed by atoms with Gasteiger partial charge >= 0.3 is 0 Å². The lowest BCUT2D eigenvalue weighted by atomic mass is 10.3. The van der Waals surface area contributed by atoms with Crippen LogP contribution in [-0.2, 0) is 0 Å². The molecule has 2 aromatic heterocycles. The zero-order chi connectivity index (χ0) is 11.4. The molecule has 4 heteroatoms. The molecule has 0 saturated carbocycles. The fourth-order valence-electron chi connectivity index (χ4n) is 1.21. The number of thiophene rings is 1. The van der Waals surface area contributed by atoms with E-state index in [1.54, 1.807) is 12.3 Å². The molecule has 0 bridgehead atoms. The Kier molecular flexibility index (Phi) is 2.86. The summed E-state index contributed by atoms with van der Waals surface area (Å²) in [6, 6.07) is 11.1. The average Bonchev–Trinajstić information content (AvgIpc) is 2.96. The lowest BCUT2D eigenvalue weighted by molar-refractivity contribution is 0.584. The smallest absolute Gasteiger partial charge is 0.143 e. The first kappa shape index (κ1) is 10.2. The zero-order valence-corrected chi connectivity index (χ0v) is 8.99. The van der Waals surface area contributed by atoms with Crippen LogP contribution < -0.4 is 0 Å². The van der Waals surface area contributed by atoms with Gasteiger partial charge in [0.2, 0.25) is 0 Å². The minimum absolute atomic E-state index is 0.104. The lowest BCUT2D eigenvalue weighted by Crippen LogP contribution is -1.68. The van der Waals surface area contributed by atoms with Crippen LogP contribution in [0.4, 0.5) is 0 Å². The highest BCUT2D eigenvalue weighted by Gasteiger charge is 2.04. The van der Waals surface area contributed by atoms with Crippen LogP contribution in [0.5, 0.6) is 0 Å². The van der Waals surface area contributed by atoms with Crippen molar-refractivity contribution in [2.75, 3.05) is 0 Å². The second-order valence-electron chi connectivity index (χ2n) is 2.96. The summed E-state index contributed by atoms with van der Waals surface area (Å²) in [7, 11) is 0. The molecule has 2 heterocycles. The Morgan fingerprint density at radius 1 is 1.25 bits per heavy atom. The van der Waals surface area contributed by atoms with Crippen LogP contribution in [0.15, 0.2) is 40.5 Å². The minimum Gasteiger partial charge on any atom is -0.464 e. The molecule has 2 aromatic rings. The molecule has 0 amide bonds. The molecule has 0 aliphatic rings. The summed E-state index contributed by atoms with van der Waals surface area (Å²) in [6.07, 6.45) is 3.18. The van der Waals surface area contributed by atoms with Crippen molar-refractivity contribution < 1.29 is 4.42 Å². The van der Waals surface area contributed by atoms with E-state index in [0.29, 0.717) is 0 Å². The maximum atomic E-state index is 8.62. The summed E-state index contributed by atoms with van der Waals surface area (Å²) in [5.74, 6) is 0.792. The lowest BCUT2D eigenvalue weighted by Gasteiger charge is -1.87. The Bertz CT molecular complexity index is 578. The second kappa shape index (κ2) is 4.48. The molecule has 3 nitrogen and oxygen atoms in total. The van der Waals surface area contributed by atoms with Crippen LogP contribution in [0.3, 0.4) is 0 Å². The first-order valence-corrected chi connectivity index (χ1v) is 5.31. The zero-order valence-electron chi connectivity index (χ0n) is 8.18. The van der Waals surface area contributed by atoms with Crippen LogP contribution in [0.2, 0.25) is 0 Å². The molecule has 0 spiro atoms. The maximum Gasteiger partial charge on any atom is 0.143 e. The molecule has 0 aliphatic carbocycles. The Morgan fingerprint density at radius 3 is 2.69 bits per heavy atom. The van der Waals surface area contributed by atoms with Crippen LogP contribution in [0, 0.1) is 22.7 Å². The summed E-state index contributed by atoms with van der Waals surface area (Å²) in [4.78, 5) is 1.84. The molecular formula is C12H6N2OS. The Labute approximate surface area is 96.5 Å². The van der Waals surface area contributed by atoms with Gasteiger partial charge in [-0.1, -0.05) is 0 Å². The highest BCUT2D eigenvalue weighted by Crippen LogP contribution is 2.29. The average molecular weight is 226 g/mol. The van der Waals surface area contributed by atoms with E-state index in [4.69, 9.17) is 14.9 Å². The summed E-state index contributed by atoms with van der Waals surface area (Å²) in [5, 5.41) is 17.2. The van der Waals surface area contributed by atoms with Crippen LogP contribution in [0.25, 0.3) is 16.7 Å². The van der Waals surface area contributed by atoms with E-state index < -0.39 is 0 Å². The summed E-state index contributed by atoms with van der Waals surface area (Å²) in [6.45, 7) is 0. The number of furan rings is 1. The van der Waals surface area contributed by atoms with Gasteiger partial charge in [0.25, 0.3) is 0 Å². The van der Waals surface area contributed by atoms with Crippen LogP contribution in [0.1, 0.15) is 4.88 Å². The van der Waals surface area contributed by atoms with E-state index in [2.05, 4.69) is 0 Å². The largest absolute Gasteiger partial charge is 0.464 e. The first-order valence-electron chi connectivity index (χ1n) is 4.49. The van der Waals surface area contributed by atoms with Crippen molar-refractivity contribution in [1.82, 2.24) is 0 Å². The van der Waals surface area contributed by atoms with Crippen molar-refractivity contribution in [3.05, 3.63) is 41.0 Å². The normalized spacial score (nSPS) is 9.12. The number of nitriles is 2. The van der Waals surface area contributed by atoms with Crippen molar-refractivity contribution in [3.63, 3.8) is 0 Å². The number of allylic oxidation sites excluding steroid dienone is 1. The molecule has 0 unspecified atom stereocenters. The summed E-state index contributed by atoms with van der Waals surface area (Å²) in [5.41, 5.74) is 0.104. The van der Waals surface area contributed by atoms with E-state index in [-0.39, 0.29) is 5.57 Å². The topological polar surface area (TPSA) is 60.7 Å². The standard InChI is InChI=1S/C12H6N2OS/c13-7-9(8-14)6-10-3-4-12(16-10)11-2-1-5-15-11/h1-6H. The van der Waals surface area contributed by atoms with Gasteiger partial charge in [-0.25, -0.2) is 0 Å². The molecule has 76 valence electrons. The van der Waals surface area contributed by atoms with Gasteiger partial charge in [-0.3, -0.25) is 0 Å². The maximum absolute atomic E-state index is 8.62. The molecule has 0 N–H and O–H groups in total.